The summed E-state index contributed by atoms with van der Waals surface area (Å²) in [6.07, 6.45) is 0. The second kappa shape index (κ2) is 11.0. The molecular formula is C51H34S. The van der Waals surface area contributed by atoms with Gasteiger partial charge in [-0.2, -0.15) is 0 Å². The molecule has 0 radical (unpaired) electrons. The van der Waals surface area contributed by atoms with E-state index in [1.807, 2.05) is 11.3 Å². The molecule has 1 heterocycles. The summed E-state index contributed by atoms with van der Waals surface area (Å²) in [6.45, 7) is 4.73. The van der Waals surface area contributed by atoms with E-state index >= 15 is 0 Å². The van der Waals surface area contributed by atoms with E-state index in [0.29, 0.717) is 0 Å². The Morgan fingerprint density at radius 1 is 0.365 bits per heavy atom. The van der Waals surface area contributed by atoms with Gasteiger partial charge in [-0.05, 0) is 107 Å². The maximum absolute atomic E-state index is 2.42. The van der Waals surface area contributed by atoms with Crippen molar-refractivity contribution in [2.24, 2.45) is 0 Å². The van der Waals surface area contributed by atoms with Gasteiger partial charge in [-0.25, -0.2) is 0 Å². The predicted octanol–water partition coefficient (Wildman–Crippen LogP) is 14.8. The summed E-state index contributed by atoms with van der Waals surface area (Å²) < 4.78 is 2.68. The van der Waals surface area contributed by atoms with Gasteiger partial charge in [-0.3, -0.25) is 0 Å². The SMILES string of the molecule is CC1(C)c2ccc(-c3ccc(-c4c5ccccc5c(-c5cccc6c5sc5ccccc56)c5ccccc45)cc3)cc2-c2cc3ccccc3cc21. The minimum atomic E-state index is -0.0339. The van der Waals surface area contributed by atoms with E-state index in [0.717, 1.165) is 0 Å². The molecule has 244 valence electrons. The van der Waals surface area contributed by atoms with Crippen LogP contribution in [0.15, 0.2) is 170 Å². The molecule has 10 aromatic rings. The monoisotopic (exact) mass is 678 g/mol. The summed E-state index contributed by atoms with van der Waals surface area (Å²) >= 11 is 1.90. The molecule has 0 saturated carbocycles. The Morgan fingerprint density at radius 3 is 1.62 bits per heavy atom. The van der Waals surface area contributed by atoms with Crippen LogP contribution in [0.25, 0.3) is 97.0 Å². The molecule has 0 amide bonds. The fraction of sp³-hybridized carbons (Fsp3) is 0.0588. The molecule has 1 aliphatic carbocycles. The topological polar surface area (TPSA) is 0 Å². The highest BCUT2D eigenvalue weighted by atomic mass is 32.1. The standard InChI is InChI=1S/C51H34S/c1-51(2)45-27-26-35(29-43(45)44-28-33-12-3-4-13-34(33)30-46(44)51)31-22-24-32(25-23-31)48-37-15-5-7-17-39(37)49(40-18-8-6-16-38(40)48)42-20-11-19-41-36-14-9-10-21-47(36)52-50(41)42/h3-30H,1-2H3. The van der Waals surface area contributed by atoms with Crippen LogP contribution in [0.5, 0.6) is 0 Å². The van der Waals surface area contributed by atoms with E-state index < -0.39 is 0 Å². The normalized spacial score (nSPS) is 13.3. The van der Waals surface area contributed by atoms with Crippen molar-refractivity contribution in [2.45, 2.75) is 19.3 Å². The van der Waals surface area contributed by atoms with Crippen molar-refractivity contribution < 1.29 is 0 Å². The number of benzene rings is 9. The molecule has 52 heavy (non-hydrogen) atoms. The van der Waals surface area contributed by atoms with Crippen molar-refractivity contribution in [3.05, 3.63) is 181 Å². The summed E-state index contributed by atoms with van der Waals surface area (Å²) in [6, 6.07) is 63.5. The Morgan fingerprint density at radius 2 is 0.904 bits per heavy atom. The van der Waals surface area contributed by atoms with Crippen LogP contribution in [0.3, 0.4) is 0 Å². The number of thiophene rings is 1. The van der Waals surface area contributed by atoms with Gasteiger partial charge < -0.3 is 0 Å². The summed E-state index contributed by atoms with van der Waals surface area (Å²) in [7, 11) is 0. The Bertz CT molecular complexity index is 3030. The maximum atomic E-state index is 2.42. The zero-order valence-corrected chi connectivity index (χ0v) is 29.9. The zero-order chi connectivity index (χ0) is 34.6. The summed E-state index contributed by atoms with van der Waals surface area (Å²) in [5.74, 6) is 0. The molecule has 1 heteroatoms. The average molecular weight is 679 g/mol. The molecule has 0 aliphatic heterocycles. The third kappa shape index (κ3) is 4.21. The smallest absolute Gasteiger partial charge is 0.0434 e. The minimum absolute atomic E-state index is 0.0339. The largest absolute Gasteiger partial charge is 0.135 e. The molecule has 0 unspecified atom stereocenters. The lowest BCUT2D eigenvalue weighted by Crippen LogP contribution is -2.14. The molecule has 0 spiro atoms. The number of hydrogen-bond acceptors (Lipinski definition) is 1. The van der Waals surface area contributed by atoms with Crippen LogP contribution in [0.4, 0.5) is 0 Å². The van der Waals surface area contributed by atoms with Crippen LogP contribution in [-0.2, 0) is 5.41 Å². The van der Waals surface area contributed by atoms with Gasteiger partial charge >= 0.3 is 0 Å². The fourth-order valence-corrected chi connectivity index (χ4v) is 10.3. The lowest BCUT2D eigenvalue weighted by molar-refractivity contribution is 0.661. The summed E-state index contributed by atoms with van der Waals surface area (Å²) in [5, 5.41) is 10.4. The number of fused-ring (bicyclic) bond motifs is 9. The van der Waals surface area contributed by atoms with Crippen LogP contribution in [0, 0.1) is 0 Å². The molecule has 0 N–H and O–H groups in total. The molecule has 11 rings (SSSR count). The van der Waals surface area contributed by atoms with Crippen molar-refractivity contribution >= 4 is 63.8 Å². The lowest BCUT2D eigenvalue weighted by Gasteiger charge is -2.22. The second-order valence-corrected chi connectivity index (χ2v) is 15.9. The Kier molecular flexibility index (Phi) is 6.27. The van der Waals surface area contributed by atoms with Gasteiger partial charge in [0, 0.05) is 31.2 Å². The molecule has 1 aliphatic rings. The molecule has 0 saturated heterocycles. The first-order valence-corrected chi connectivity index (χ1v) is 19.0. The third-order valence-electron chi connectivity index (χ3n) is 11.7. The molecule has 0 nitrogen and oxygen atoms in total. The molecule has 0 fully saturated rings. The van der Waals surface area contributed by atoms with E-state index in [1.165, 1.54) is 108 Å². The van der Waals surface area contributed by atoms with E-state index in [4.69, 9.17) is 0 Å². The van der Waals surface area contributed by atoms with E-state index in [1.54, 1.807) is 0 Å². The maximum Gasteiger partial charge on any atom is 0.0434 e. The van der Waals surface area contributed by atoms with Gasteiger partial charge in [0.1, 0.15) is 0 Å². The highest BCUT2D eigenvalue weighted by Crippen LogP contribution is 2.51. The predicted molar refractivity (Wildman–Crippen MR) is 226 cm³/mol. The van der Waals surface area contributed by atoms with E-state index in [2.05, 4.69) is 184 Å². The van der Waals surface area contributed by atoms with Gasteiger partial charge in [0.05, 0.1) is 0 Å². The van der Waals surface area contributed by atoms with Crippen molar-refractivity contribution in [1.82, 2.24) is 0 Å². The second-order valence-electron chi connectivity index (χ2n) is 14.8. The van der Waals surface area contributed by atoms with Crippen molar-refractivity contribution in [2.75, 3.05) is 0 Å². The molecule has 0 atom stereocenters. The molecule has 1 aromatic heterocycles. The first-order chi connectivity index (χ1) is 25.5. The van der Waals surface area contributed by atoms with Crippen LogP contribution < -0.4 is 0 Å². The Balaban J connectivity index is 1.07. The highest BCUT2D eigenvalue weighted by molar-refractivity contribution is 7.26. The average Bonchev–Trinajstić information content (AvgIpc) is 3.68. The van der Waals surface area contributed by atoms with Crippen LogP contribution in [0.2, 0.25) is 0 Å². The van der Waals surface area contributed by atoms with Crippen molar-refractivity contribution in [3.8, 4) is 44.5 Å². The van der Waals surface area contributed by atoms with Gasteiger partial charge in [0.25, 0.3) is 0 Å². The molecule has 9 aromatic carbocycles. The minimum Gasteiger partial charge on any atom is -0.135 e. The molecule has 0 bridgehead atoms. The number of rotatable bonds is 3. The van der Waals surface area contributed by atoms with Gasteiger partial charge in [-0.1, -0.05) is 159 Å². The number of hydrogen-bond donors (Lipinski definition) is 0. The Hall–Kier alpha value is -6.02. The fourth-order valence-electron chi connectivity index (χ4n) is 9.12. The lowest BCUT2D eigenvalue weighted by atomic mass is 9.81. The van der Waals surface area contributed by atoms with Crippen LogP contribution in [-0.4, -0.2) is 0 Å². The first kappa shape index (κ1) is 29.7. The third-order valence-corrected chi connectivity index (χ3v) is 12.9. The molecular weight excluding hydrogens is 645 g/mol. The van der Waals surface area contributed by atoms with Crippen LogP contribution in [0.1, 0.15) is 25.0 Å². The first-order valence-electron chi connectivity index (χ1n) is 18.2. The van der Waals surface area contributed by atoms with Crippen molar-refractivity contribution in [1.29, 1.82) is 0 Å². The summed E-state index contributed by atoms with van der Waals surface area (Å²) in [4.78, 5) is 0. The van der Waals surface area contributed by atoms with Crippen LogP contribution >= 0.6 is 11.3 Å². The zero-order valence-electron chi connectivity index (χ0n) is 29.1. The van der Waals surface area contributed by atoms with Crippen molar-refractivity contribution in [3.63, 3.8) is 0 Å². The van der Waals surface area contributed by atoms with Gasteiger partial charge in [-0.15, -0.1) is 11.3 Å². The summed E-state index contributed by atoms with van der Waals surface area (Å²) in [5.41, 5.74) is 13.2. The Labute approximate surface area is 307 Å². The van der Waals surface area contributed by atoms with E-state index in [9.17, 15) is 0 Å². The van der Waals surface area contributed by atoms with Gasteiger partial charge in [0.2, 0.25) is 0 Å². The quantitative estimate of drug-likeness (QED) is 0.163. The van der Waals surface area contributed by atoms with Gasteiger partial charge in [0.15, 0.2) is 0 Å². The van der Waals surface area contributed by atoms with E-state index in [-0.39, 0.29) is 5.41 Å². The highest BCUT2D eigenvalue weighted by Gasteiger charge is 2.35.